The van der Waals surface area contributed by atoms with E-state index in [9.17, 15) is 8.42 Å². The van der Waals surface area contributed by atoms with Crippen molar-refractivity contribution in [2.24, 2.45) is 5.92 Å². The van der Waals surface area contributed by atoms with Gasteiger partial charge in [-0.15, -0.1) is 0 Å². The molecule has 3 aliphatic rings. The van der Waals surface area contributed by atoms with Crippen LogP contribution in [0.3, 0.4) is 0 Å². The van der Waals surface area contributed by atoms with E-state index < -0.39 is 9.84 Å². The quantitative estimate of drug-likeness (QED) is 0.745. The van der Waals surface area contributed by atoms with E-state index in [1.165, 1.54) is 0 Å². The summed E-state index contributed by atoms with van der Waals surface area (Å²) in [5, 5.41) is 0. The van der Waals surface area contributed by atoms with Gasteiger partial charge in [0.2, 0.25) is 0 Å². The first-order valence-corrected chi connectivity index (χ1v) is 6.42. The van der Waals surface area contributed by atoms with Gasteiger partial charge in [0, 0.05) is 0 Å². The maximum absolute atomic E-state index is 12.2. The van der Waals surface area contributed by atoms with Gasteiger partial charge in [-0.2, -0.15) is 0 Å². The molecule has 0 atom stereocenters. The zero-order chi connectivity index (χ0) is 9.81. The van der Waals surface area contributed by atoms with Crippen LogP contribution in [0.4, 0.5) is 0 Å². The van der Waals surface area contributed by atoms with Crippen molar-refractivity contribution < 1.29 is 8.42 Å². The Morgan fingerprint density at radius 2 is 1.64 bits per heavy atom. The van der Waals surface area contributed by atoms with Crippen LogP contribution in [0.1, 0.15) is 19.3 Å². The minimum atomic E-state index is -3.04. The molecule has 0 N–H and O–H groups in total. The second-order valence-electron chi connectivity index (χ2n) is 4.48. The number of rotatable bonds is 2. The highest BCUT2D eigenvalue weighted by molar-refractivity contribution is 7.93. The van der Waals surface area contributed by atoms with E-state index in [1.54, 1.807) is 24.3 Å². The smallest absolute Gasteiger partial charge is 0.184 e. The van der Waals surface area contributed by atoms with E-state index in [-0.39, 0.29) is 4.75 Å². The van der Waals surface area contributed by atoms with Crippen LogP contribution in [0.25, 0.3) is 0 Å². The highest BCUT2D eigenvalue weighted by Gasteiger charge is 2.64. The molecule has 0 amide bonds. The molecule has 1 aromatic carbocycles. The van der Waals surface area contributed by atoms with Crippen molar-refractivity contribution in [3.63, 3.8) is 0 Å². The first-order chi connectivity index (χ1) is 6.64. The Labute approximate surface area is 83.9 Å². The van der Waals surface area contributed by atoms with Crippen LogP contribution in [-0.2, 0) is 9.84 Å². The normalized spacial score (nSPS) is 34.4. The maximum Gasteiger partial charge on any atom is 0.184 e. The Morgan fingerprint density at radius 1 is 1.07 bits per heavy atom. The Kier molecular flexibility index (Phi) is 1.45. The summed E-state index contributed by atoms with van der Waals surface area (Å²) < 4.78 is 24.0. The minimum Gasteiger partial charge on any atom is -0.223 e. The predicted molar refractivity (Wildman–Crippen MR) is 53.7 cm³/mol. The summed E-state index contributed by atoms with van der Waals surface area (Å²) in [5.41, 5.74) is 0. The maximum atomic E-state index is 12.2. The molecule has 4 rings (SSSR count). The van der Waals surface area contributed by atoms with Gasteiger partial charge < -0.3 is 0 Å². The highest BCUT2D eigenvalue weighted by Crippen LogP contribution is 2.63. The Morgan fingerprint density at radius 3 is 2.07 bits per heavy atom. The monoisotopic (exact) mass is 208 g/mol. The molecular formula is C11H12O2S. The number of hydrogen-bond acceptors (Lipinski definition) is 2. The minimum absolute atomic E-state index is 0.362. The van der Waals surface area contributed by atoms with E-state index in [4.69, 9.17) is 0 Å². The zero-order valence-corrected chi connectivity index (χ0v) is 8.63. The van der Waals surface area contributed by atoms with Crippen LogP contribution in [0.15, 0.2) is 35.2 Å². The first-order valence-electron chi connectivity index (χ1n) is 4.94. The third kappa shape index (κ3) is 0.836. The largest absolute Gasteiger partial charge is 0.223 e. The van der Waals surface area contributed by atoms with Gasteiger partial charge >= 0.3 is 0 Å². The molecule has 2 nitrogen and oxygen atoms in total. The van der Waals surface area contributed by atoms with Crippen molar-refractivity contribution in [1.29, 1.82) is 0 Å². The number of sulfone groups is 1. The standard InChI is InChI=1S/C11H12O2S/c12-14(13,10-4-2-1-3-5-10)11-6-9(7-11)8-11/h1-5,9H,6-8H2. The SMILES string of the molecule is O=S(=O)(c1ccccc1)C12CC(C1)C2. The molecule has 1 aromatic rings. The number of benzene rings is 1. The van der Waals surface area contributed by atoms with E-state index in [1.807, 2.05) is 6.07 Å². The molecule has 0 saturated heterocycles. The summed E-state index contributed by atoms with van der Waals surface area (Å²) in [7, 11) is -3.04. The summed E-state index contributed by atoms with van der Waals surface area (Å²) >= 11 is 0. The molecule has 3 aliphatic carbocycles. The third-order valence-corrected chi connectivity index (χ3v) is 6.14. The fourth-order valence-electron chi connectivity index (χ4n) is 2.58. The van der Waals surface area contributed by atoms with Crippen molar-refractivity contribution in [2.75, 3.05) is 0 Å². The summed E-state index contributed by atoms with van der Waals surface area (Å²) in [6, 6.07) is 8.84. The molecule has 3 fully saturated rings. The van der Waals surface area contributed by atoms with Crippen molar-refractivity contribution >= 4 is 9.84 Å². The molecule has 0 radical (unpaired) electrons. The van der Waals surface area contributed by atoms with Crippen LogP contribution in [0.5, 0.6) is 0 Å². The van der Waals surface area contributed by atoms with Crippen molar-refractivity contribution in [2.45, 2.75) is 28.9 Å². The Balaban J connectivity index is 2.05. The lowest BCUT2D eigenvalue weighted by molar-refractivity contribution is 0.0483. The van der Waals surface area contributed by atoms with Crippen LogP contribution in [-0.4, -0.2) is 13.2 Å². The van der Waals surface area contributed by atoms with Gasteiger partial charge in [0.15, 0.2) is 9.84 Å². The molecule has 0 aromatic heterocycles. The van der Waals surface area contributed by atoms with Gasteiger partial charge in [0.25, 0.3) is 0 Å². The average Bonchev–Trinajstić information content (AvgIpc) is 1.99. The van der Waals surface area contributed by atoms with Gasteiger partial charge in [-0.05, 0) is 37.3 Å². The number of hydrogen-bond donors (Lipinski definition) is 0. The van der Waals surface area contributed by atoms with Crippen LogP contribution in [0, 0.1) is 5.92 Å². The summed E-state index contributed by atoms with van der Waals surface area (Å²) in [5.74, 6) is 0.702. The summed E-state index contributed by atoms with van der Waals surface area (Å²) in [6.07, 6.45) is 2.68. The summed E-state index contributed by atoms with van der Waals surface area (Å²) in [4.78, 5) is 0.498. The average molecular weight is 208 g/mol. The van der Waals surface area contributed by atoms with E-state index >= 15 is 0 Å². The van der Waals surface area contributed by atoms with Crippen LogP contribution >= 0.6 is 0 Å². The first kappa shape index (κ1) is 8.48. The lowest BCUT2D eigenvalue weighted by Gasteiger charge is -2.60. The van der Waals surface area contributed by atoms with E-state index in [2.05, 4.69) is 0 Å². The topological polar surface area (TPSA) is 34.1 Å². The van der Waals surface area contributed by atoms with Gasteiger partial charge in [0.1, 0.15) is 0 Å². The predicted octanol–water partition coefficient (Wildman–Crippen LogP) is 2.01. The third-order valence-electron chi connectivity index (χ3n) is 3.61. The zero-order valence-electron chi connectivity index (χ0n) is 7.81. The van der Waals surface area contributed by atoms with Gasteiger partial charge in [-0.1, -0.05) is 18.2 Å². The van der Waals surface area contributed by atoms with E-state index in [0.717, 1.165) is 19.3 Å². The van der Waals surface area contributed by atoms with Crippen molar-refractivity contribution in [3.05, 3.63) is 30.3 Å². The molecular weight excluding hydrogens is 196 g/mol. The van der Waals surface area contributed by atoms with Crippen LogP contribution in [0.2, 0.25) is 0 Å². The second kappa shape index (κ2) is 2.40. The Hall–Kier alpha value is -0.830. The second-order valence-corrected chi connectivity index (χ2v) is 6.82. The van der Waals surface area contributed by atoms with Gasteiger partial charge in [0.05, 0.1) is 9.64 Å². The molecule has 0 unspecified atom stereocenters. The van der Waals surface area contributed by atoms with Gasteiger partial charge in [-0.25, -0.2) is 8.42 Å². The fourth-order valence-corrected chi connectivity index (χ4v) is 4.96. The molecule has 3 saturated carbocycles. The molecule has 0 spiro atoms. The molecule has 3 heteroatoms. The molecule has 74 valence electrons. The van der Waals surface area contributed by atoms with Gasteiger partial charge in [-0.3, -0.25) is 0 Å². The molecule has 0 heterocycles. The van der Waals surface area contributed by atoms with Crippen molar-refractivity contribution in [3.8, 4) is 0 Å². The fraction of sp³-hybridized carbons (Fsp3) is 0.455. The van der Waals surface area contributed by atoms with Crippen LogP contribution < -0.4 is 0 Å². The summed E-state index contributed by atoms with van der Waals surface area (Å²) in [6.45, 7) is 0. The van der Waals surface area contributed by atoms with E-state index in [0.29, 0.717) is 10.8 Å². The lowest BCUT2D eigenvalue weighted by atomic mass is 9.55. The molecule has 0 aliphatic heterocycles. The molecule has 2 bridgehead atoms. The lowest BCUT2D eigenvalue weighted by Crippen LogP contribution is -2.62. The Bertz CT molecular complexity index is 444. The van der Waals surface area contributed by atoms with Crippen molar-refractivity contribution in [1.82, 2.24) is 0 Å². The molecule has 14 heavy (non-hydrogen) atoms. The highest BCUT2D eigenvalue weighted by atomic mass is 32.2.